The highest BCUT2D eigenvalue weighted by atomic mass is 32.2. The van der Waals surface area contributed by atoms with Crippen molar-refractivity contribution in [1.29, 1.82) is 0 Å². The number of nitrogens with two attached hydrogens (primary N) is 1. The fraction of sp³-hybridized carbons (Fsp3) is 0.235. The molecule has 0 aromatic heterocycles. The van der Waals surface area contributed by atoms with Crippen LogP contribution in [0, 0.1) is 13.8 Å². The molecule has 2 N–H and O–H groups in total. The number of hydrogen-bond donors (Lipinski definition) is 1. The second kappa shape index (κ2) is 5.45. The zero-order valence-corrected chi connectivity index (χ0v) is 13.0. The van der Waals surface area contributed by atoms with Crippen LogP contribution in [0.5, 0.6) is 0 Å². The van der Waals surface area contributed by atoms with E-state index in [0.29, 0.717) is 12.3 Å². The summed E-state index contributed by atoms with van der Waals surface area (Å²) in [6.45, 7) is 4.77. The zero-order chi connectivity index (χ0) is 15.0. The predicted molar refractivity (Wildman–Crippen MR) is 88.7 cm³/mol. The van der Waals surface area contributed by atoms with Crippen LogP contribution in [0.4, 0.5) is 11.4 Å². The lowest BCUT2D eigenvalue weighted by Gasteiger charge is -2.29. The average molecular weight is 298 g/mol. The summed E-state index contributed by atoms with van der Waals surface area (Å²) in [6, 6.07) is 12.1. The number of aryl methyl sites for hydroxylation is 2. The molecule has 0 aliphatic carbocycles. The molecule has 4 heteroatoms. The zero-order valence-electron chi connectivity index (χ0n) is 12.2. The maximum Gasteiger partial charge on any atom is 0.237 e. The molecule has 1 heterocycles. The Morgan fingerprint density at radius 1 is 1.19 bits per heavy atom. The summed E-state index contributed by atoms with van der Waals surface area (Å²) < 4.78 is 0. The number of thioether (sulfide) groups is 1. The highest BCUT2D eigenvalue weighted by molar-refractivity contribution is 8.00. The maximum atomic E-state index is 12.3. The summed E-state index contributed by atoms with van der Waals surface area (Å²) in [5, 5.41) is 0. The number of hydrogen-bond acceptors (Lipinski definition) is 3. The molecule has 1 aliphatic rings. The first-order chi connectivity index (χ1) is 10.0. The fourth-order valence-electron chi connectivity index (χ4n) is 2.54. The molecular weight excluding hydrogens is 280 g/mol. The van der Waals surface area contributed by atoms with Crippen molar-refractivity contribution in [3.05, 3.63) is 53.1 Å². The lowest BCUT2D eigenvalue weighted by atomic mass is 10.0. The Morgan fingerprint density at radius 3 is 2.81 bits per heavy atom. The van der Waals surface area contributed by atoms with Gasteiger partial charge in [0.1, 0.15) is 0 Å². The van der Waals surface area contributed by atoms with Crippen molar-refractivity contribution >= 4 is 29.0 Å². The molecule has 0 saturated heterocycles. The van der Waals surface area contributed by atoms with E-state index in [1.165, 1.54) is 16.7 Å². The number of carbonyl (C=O) groups is 1. The number of amides is 1. The van der Waals surface area contributed by atoms with Gasteiger partial charge in [-0.2, -0.15) is 0 Å². The van der Waals surface area contributed by atoms with Gasteiger partial charge in [0, 0.05) is 10.6 Å². The number of nitrogens with zero attached hydrogens (tertiary/aromatic N) is 1. The van der Waals surface area contributed by atoms with Crippen LogP contribution in [0.1, 0.15) is 16.7 Å². The van der Waals surface area contributed by atoms with Crippen molar-refractivity contribution in [2.24, 2.45) is 0 Å². The molecular formula is C17H18N2OS. The third-order valence-electron chi connectivity index (χ3n) is 3.76. The first-order valence-electron chi connectivity index (χ1n) is 6.93. The Labute approximate surface area is 129 Å². The molecule has 0 fully saturated rings. The summed E-state index contributed by atoms with van der Waals surface area (Å²) in [4.78, 5) is 15.3. The molecule has 3 rings (SSSR count). The van der Waals surface area contributed by atoms with Crippen LogP contribution in [-0.4, -0.2) is 11.7 Å². The molecule has 21 heavy (non-hydrogen) atoms. The van der Waals surface area contributed by atoms with Gasteiger partial charge in [-0.1, -0.05) is 23.8 Å². The summed E-state index contributed by atoms with van der Waals surface area (Å²) >= 11 is 1.56. The van der Waals surface area contributed by atoms with Gasteiger partial charge in [-0.3, -0.25) is 4.79 Å². The molecule has 0 saturated carbocycles. The topological polar surface area (TPSA) is 46.3 Å². The van der Waals surface area contributed by atoms with Crippen molar-refractivity contribution in [3.8, 4) is 0 Å². The lowest BCUT2D eigenvalue weighted by Crippen LogP contribution is -2.35. The maximum absolute atomic E-state index is 12.3. The molecule has 0 radical (unpaired) electrons. The van der Waals surface area contributed by atoms with Crippen LogP contribution < -0.4 is 10.6 Å². The highest BCUT2D eigenvalue weighted by Crippen LogP contribution is 2.37. The van der Waals surface area contributed by atoms with Crippen LogP contribution in [0.2, 0.25) is 0 Å². The van der Waals surface area contributed by atoms with E-state index in [4.69, 9.17) is 5.73 Å². The molecule has 3 nitrogen and oxygen atoms in total. The second-order valence-corrected chi connectivity index (χ2v) is 6.44. The quantitative estimate of drug-likeness (QED) is 0.863. The molecule has 0 spiro atoms. The Hall–Kier alpha value is -1.94. The minimum Gasteiger partial charge on any atom is -0.399 e. The summed E-state index contributed by atoms with van der Waals surface area (Å²) in [5.74, 6) is 0.625. The fourth-order valence-corrected chi connectivity index (χ4v) is 3.52. The molecule has 0 bridgehead atoms. The van der Waals surface area contributed by atoms with E-state index in [9.17, 15) is 4.79 Å². The van der Waals surface area contributed by atoms with E-state index in [1.807, 2.05) is 23.1 Å². The number of carbonyl (C=O) groups excluding carboxylic acids is 1. The smallest absolute Gasteiger partial charge is 0.237 e. The third kappa shape index (κ3) is 2.76. The minimum atomic E-state index is 0.151. The van der Waals surface area contributed by atoms with E-state index in [2.05, 4.69) is 32.0 Å². The second-order valence-electron chi connectivity index (χ2n) is 5.43. The summed E-state index contributed by atoms with van der Waals surface area (Å²) in [5.41, 5.74) is 11.2. The largest absolute Gasteiger partial charge is 0.399 e. The molecule has 0 atom stereocenters. The summed E-state index contributed by atoms with van der Waals surface area (Å²) in [6.07, 6.45) is 0. The van der Waals surface area contributed by atoms with E-state index in [-0.39, 0.29) is 5.91 Å². The number of nitrogen functional groups attached to an aromatic ring is 1. The highest BCUT2D eigenvalue weighted by Gasteiger charge is 2.25. The number of fused-ring (bicyclic) bond motifs is 1. The van der Waals surface area contributed by atoms with Crippen molar-refractivity contribution < 1.29 is 4.79 Å². The van der Waals surface area contributed by atoms with E-state index in [0.717, 1.165) is 16.3 Å². The van der Waals surface area contributed by atoms with Gasteiger partial charge < -0.3 is 10.6 Å². The standard InChI is InChI=1S/C17H18N2OS/c1-11-3-4-12(2)13(7-11)9-19-15-6-5-14(18)8-16(15)21-10-17(19)20/h3-8H,9-10,18H2,1-2H3. The van der Waals surface area contributed by atoms with Crippen molar-refractivity contribution in [2.45, 2.75) is 25.3 Å². The molecule has 0 unspecified atom stereocenters. The van der Waals surface area contributed by atoms with Gasteiger partial charge in [0.25, 0.3) is 0 Å². The van der Waals surface area contributed by atoms with E-state index in [1.54, 1.807) is 11.8 Å². The van der Waals surface area contributed by atoms with Crippen molar-refractivity contribution in [1.82, 2.24) is 0 Å². The Balaban J connectivity index is 1.98. The van der Waals surface area contributed by atoms with Crippen LogP contribution >= 0.6 is 11.8 Å². The first kappa shape index (κ1) is 14.0. The lowest BCUT2D eigenvalue weighted by molar-refractivity contribution is -0.116. The average Bonchev–Trinajstić information content (AvgIpc) is 2.45. The van der Waals surface area contributed by atoms with Gasteiger partial charge >= 0.3 is 0 Å². The Kier molecular flexibility index (Phi) is 3.64. The normalized spacial score (nSPS) is 14.2. The van der Waals surface area contributed by atoms with Crippen LogP contribution in [0.15, 0.2) is 41.3 Å². The van der Waals surface area contributed by atoms with Gasteiger partial charge in [0.2, 0.25) is 5.91 Å². The van der Waals surface area contributed by atoms with Gasteiger partial charge in [-0.05, 0) is 43.2 Å². The van der Waals surface area contributed by atoms with E-state index >= 15 is 0 Å². The predicted octanol–water partition coefficient (Wildman–Crippen LogP) is 3.52. The first-order valence-corrected chi connectivity index (χ1v) is 7.92. The van der Waals surface area contributed by atoms with Gasteiger partial charge in [0.05, 0.1) is 18.0 Å². The molecule has 1 aliphatic heterocycles. The molecule has 2 aromatic rings. The minimum absolute atomic E-state index is 0.151. The Bertz CT molecular complexity index is 712. The number of benzene rings is 2. The van der Waals surface area contributed by atoms with E-state index < -0.39 is 0 Å². The van der Waals surface area contributed by atoms with Crippen molar-refractivity contribution in [2.75, 3.05) is 16.4 Å². The van der Waals surface area contributed by atoms with Gasteiger partial charge in [-0.15, -0.1) is 11.8 Å². The van der Waals surface area contributed by atoms with Crippen LogP contribution in [0.3, 0.4) is 0 Å². The molecule has 1 amide bonds. The SMILES string of the molecule is Cc1ccc(C)c(CN2C(=O)CSc3cc(N)ccc32)c1. The molecule has 108 valence electrons. The van der Waals surface area contributed by atoms with Crippen LogP contribution in [-0.2, 0) is 11.3 Å². The Morgan fingerprint density at radius 2 is 2.00 bits per heavy atom. The molecule has 2 aromatic carbocycles. The van der Waals surface area contributed by atoms with Gasteiger partial charge in [-0.25, -0.2) is 0 Å². The van der Waals surface area contributed by atoms with Gasteiger partial charge in [0.15, 0.2) is 0 Å². The number of anilines is 2. The number of rotatable bonds is 2. The summed E-state index contributed by atoms with van der Waals surface area (Å²) in [7, 11) is 0. The van der Waals surface area contributed by atoms with Crippen LogP contribution in [0.25, 0.3) is 0 Å². The third-order valence-corrected chi connectivity index (χ3v) is 4.79. The monoisotopic (exact) mass is 298 g/mol. The van der Waals surface area contributed by atoms with Crippen molar-refractivity contribution in [3.63, 3.8) is 0 Å².